The lowest BCUT2D eigenvalue weighted by molar-refractivity contribution is -0.134. The molecular formula is C12H21N3O. The van der Waals surface area contributed by atoms with E-state index in [4.69, 9.17) is 5.26 Å². The fourth-order valence-corrected chi connectivity index (χ4v) is 2.24. The number of hydrogen-bond donors (Lipinski definition) is 0. The summed E-state index contributed by atoms with van der Waals surface area (Å²) >= 11 is 0. The molecule has 4 heteroatoms. The Hall–Kier alpha value is -1.08. The highest BCUT2D eigenvalue weighted by Crippen LogP contribution is 2.36. The molecule has 0 aromatic heterocycles. The average molecular weight is 223 g/mol. The molecular weight excluding hydrogens is 202 g/mol. The molecule has 1 fully saturated rings. The van der Waals surface area contributed by atoms with Crippen molar-refractivity contribution in [3.05, 3.63) is 0 Å². The van der Waals surface area contributed by atoms with E-state index < -0.39 is 5.92 Å². The van der Waals surface area contributed by atoms with Gasteiger partial charge in [-0.25, -0.2) is 0 Å². The molecule has 1 atom stereocenters. The van der Waals surface area contributed by atoms with Crippen molar-refractivity contribution in [2.45, 2.75) is 31.7 Å². The van der Waals surface area contributed by atoms with Crippen molar-refractivity contribution in [2.75, 3.05) is 27.7 Å². The maximum atomic E-state index is 11.8. The maximum absolute atomic E-state index is 11.8. The van der Waals surface area contributed by atoms with Crippen LogP contribution in [0.5, 0.6) is 0 Å². The van der Waals surface area contributed by atoms with Crippen LogP contribution in [0.15, 0.2) is 0 Å². The van der Waals surface area contributed by atoms with E-state index in [0.717, 1.165) is 19.4 Å². The SMILES string of the molecule is CC(C#N)C(=O)N(C)CC1(N(C)C)CCC1. The lowest BCUT2D eigenvalue weighted by Gasteiger charge is -2.49. The minimum atomic E-state index is -0.538. The predicted molar refractivity (Wildman–Crippen MR) is 62.7 cm³/mol. The second kappa shape index (κ2) is 4.84. The number of nitrogens with zero attached hydrogens (tertiary/aromatic N) is 3. The number of carbonyl (C=O) groups excluding carboxylic acids is 1. The summed E-state index contributed by atoms with van der Waals surface area (Å²) in [6.45, 7) is 2.38. The third-order valence-corrected chi connectivity index (χ3v) is 3.70. The molecule has 0 bridgehead atoms. The van der Waals surface area contributed by atoms with Crippen LogP contribution < -0.4 is 0 Å². The van der Waals surface area contributed by atoms with E-state index in [0.29, 0.717) is 0 Å². The second-order valence-electron chi connectivity index (χ2n) is 5.02. The molecule has 1 amide bonds. The van der Waals surface area contributed by atoms with Crippen molar-refractivity contribution in [3.8, 4) is 6.07 Å². The van der Waals surface area contributed by atoms with Crippen LogP contribution in [0, 0.1) is 17.2 Å². The van der Waals surface area contributed by atoms with Crippen LogP contribution in [0.4, 0.5) is 0 Å². The van der Waals surface area contributed by atoms with E-state index in [1.165, 1.54) is 6.42 Å². The van der Waals surface area contributed by atoms with Crippen LogP contribution in [0.25, 0.3) is 0 Å². The van der Waals surface area contributed by atoms with Gasteiger partial charge in [-0.2, -0.15) is 5.26 Å². The summed E-state index contributed by atoms with van der Waals surface area (Å²) in [5.74, 6) is -0.611. The molecule has 1 aliphatic rings. The quantitative estimate of drug-likeness (QED) is 0.716. The van der Waals surface area contributed by atoms with E-state index >= 15 is 0 Å². The molecule has 4 nitrogen and oxygen atoms in total. The Morgan fingerprint density at radius 2 is 2.00 bits per heavy atom. The van der Waals surface area contributed by atoms with Gasteiger partial charge in [-0.15, -0.1) is 0 Å². The highest BCUT2D eigenvalue weighted by atomic mass is 16.2. The summed E-state index contributed by atoms with van der Waals surface area (Å²) in [6.07, 6.45) is 3.51. The zero-order valence-corrected chi connectivity index (χ0v) is 10.7. The van der Waals surface area contributed by atoms with E-state index in [-0.39, 0.29) is 11.4 Å². The lowest BCUT2D eigenvalue weighted by atomic mass is 9.75. The molecule has 1 rings (SSSR count). The lowest BCUT2D eigenvalue weighted by Crippen LogP contribution is -2.57. The first-order chi connectivity index (χ1) is 7.43. The molecule has 0 heterocycles. The molecule has 0 aliphatic heterocycles. The van der Waals surface area contributed by atoms with Gasteiger partial charge in [-0.3, -0.25) is 4.79 Å². The molecule has 0 spiro atoms. The van der Waals surface area contributed by atoms with Crippen molar-refractivity contribution >= 4 is 5.91 Å². The minimum Gasteiger partial charge on any atom is -0.343 e. The molecule has 16 heavy (non-hydrogen) atoms. The fraction of sp³-hybridized carbons (Fsp3) is 0.833. The molecule has 0 N–H and O–H groups in total. The third kappa shape index (κ3) is 2.35. The first-order valence-corrected chi connectivity index (χ1v) is 5.75. The van der Waals surface area contributed by atoms with Crippen LogP contribution in [-0.2, 0) is 4.79 Å². The zero-order chi connectivity index (χ0) is 12.3. The van der Waals surface area contributed by atoms with Gasteiger partial charge >= 0.3 is 0 Å². The largest absolute Gasteiger partial charge is 0.343 e. The van der Waals surface area contributed by atoms with Gasteiger partial charge in [0.15, 0.2) is 0 Å². The summed E-state index contributed by atoms with van der Waals surface area (Å²) in [5.41, 5.74) is 0.138. The Morgan fingerprint density at radius 3 is 2.31 bits per heavy atom. The smallest absolute Gasteiger partial charge is 0.239 e. The maximum Gasteiger partial charge on any atom is 0.239 e. The predicted octanol–water partition coefficient (Wildman–Crippen LogP) is 1.09. The van der Waals surface area contributed by atoms with Crippen molar-refractivity contribution in [1.29, 1.82) is 5.26 Å². The average Bonchev–Trinajstić information content (AvgIpc) is 2.20. The van der Waals surface area contributed by atoms with Crippen molar-refractivity contribution < 1.29 is 4.79 Å². The Labute approximate surface area is 97.8 Å². The van der Waals surface area contributed by atoms with E-state index in [1.54, 1.807) is 18.9 Å². The molecule has 0 aromatic carbocycles. The summed E-state index contributed by atoms with van der Waals surface area (Å²) in [4.78, 5) is 15.7. The van der Waals surface area contributed by atoms with Gasteiger partial charge in [-0.05, 0) is 40.3 Å². The fourth-order valence-electron chi connectivity index (χ4n) is 2.24. The second-order valence-corrected chi connectivity index (χ2v) is 5.02. The summed E-state index contributed by atoms with van der Waals surface area (Å²) < 4.78 is 0. The molecule has 0 saturated heterocycles. The Kier molecular flexibility index (Phi) is 3.93. The van der Waals surface area contributed by atoms with Crippen molar-refractivity contribution in [1.82, 2.24) is 9.80 Å². The van der Waals surface area contributed by atoms with Crippen LogP contribution in [0.3, 0.4) is 0 Å². The Balaban J connectivity index is 2.60. The van der Waals surface area contributed by atoms with Gasteiger partial charge < -0.3 is 9.80 Å². The normalized spacial score (nSPS) is 19.8. The minimum absolute atomic E-state index is 0.0735. The number of amides is 1. The molecule has 1 unspecified atom stereocenters. The standard InChI is InChI=1S/C12H21N3O/c1-10(8-13)11(16)15(4)9-12(14(2)3)6-5-7-12/h10H,5-7,9H2,1-4H3. The third-order valence-electron chi connectivity index (χ3n) is 3.70. The molecule has 90 valence electrons. The van der Waals surface area contributed by atoms with Gasteiger partial charge in [0.25, 0.3) is 0 Å². The van der Waals surface area contributed by atoms with E-state index in [9.17, 15) is 4.79 Å². The Bertz CT molecular complexity index is 302. The number of hydrogen-bond acceptors (Lipinski definition) is 3. The van der Waals surface area contributed by atoms with E-state index in [2.05, 4.69) is 19.0 Å². The van der Waals surface area contributed by atoms with Gasteiger partial charge in [0.2, 0.25) is 5.91 Å². The highest BCUT2D eigenvalue weighted by molar-refractivity contribution is 5.80. The summed E-state index contributed by atoms with van der Waals surface area (Å²) in [5, 5.41) is 8.72. The molecule has 0 aromatic rings. The monoisotopic (exact) mass is 223 g/mol. The number of carbonyl (C=O) groups is 1. The molecule has 0 radical (unpaired) electrons. The van der Waals surface area contributed by atoms with Crippen LogP contribution >= 0.6 is 0 Å². The van der Waals surface area contributed by atoms with Crippen molar-refractivity contribution in [3.63, 3.8) is 0 Å². The number of likely N-dealkylation sites (N-methyl/N-ethyl adjacent to an activating group) is 2. The number of rotatable bonds is 4. The summed E-state index contributed by atoms with van der Waals surface area (Å²) in [7, 11) is 5.91. The van der Waals surface area contributed by atoms with Crippen LogP contribution in [-0.4, -0.2) is 48.9 Å². The summed E-state index contributed by atoms with van der Waals surface area (Å²) in [6, 6.07) is 1.99. The molecule has 1 saturated carbocycles. The first kappa shape index (κ1) is 13.0. The van der Waals surface area contributed by atoms with Crippen molar-refractivity contribution in [2.24, 2.45) is 5.92 Å². The zero-order valence-electron chi connectivity index (χ0n) is 10.7. The van der Waals surface area contributed by atoms with Gasteiger partial charge in [0, 0.05) is 19.1 Å². The first-order valence-electron chi connectivity index (χ1n) is 5.75. The topological polar surface area (TPSA) is 47.3 Å². The number of nitriles is 1. The van der Waals surface area contributed by atoms with Crippen LogP contribution in [0.2, 0.25) is 0 Å². The Morgan fingerprint density at radius 1 is 1.44 bits per heavy atom. The van der Waals surface area contributed by atoms with Crippen LogP contribution in [0.1, 0.15) is 26.2 Å². The van der Waals surface area contributed by atoms with Gasteiger partial charge in [0.05, 0.1) is 6.07 Å². The molecule has 1 aliphatic carbocycles. The van der Waals surface area contributed by atoms with E-state index in [1.807, 2.05) is 6.07 Å². The van der Waals surface area contributed by atoms with Gasteiger partial charge in [-0.1, -0.05) is 0 Å². The van der Waals surface area contributed by atoms with Gasteiger partial charge in [0.1, 0.15) is 5.92 Å². The highest BCUT2D eigenvalue weighted by Gasteiger charge is 2.41.